The Morgan fingerprint density at radius 1 is 1.47 bits per heavy atom. The van der Waals surface area contributed by atoms with E-state index >= 15 is 0 Å². The molecule has 1 N–H and O–H groups in total. The Morgan fingerprint density at radius 3 is 2.87 bits per heavy atom. The Labute approximate surface area is 90.9 Å². The van der Waals surface area contributed by atoms with Crippen molar-refractivity contribution in [2.24, 2.45) is 0 Å². The molecule has 1 aromatic carbocycles. The van der Waals surface area contributed by atoms with Gasteiger partial charge in [0.1, 0.15) is 11.9 Å². The third-order valence-electron chi connectivity index (χ3n) is 3.07. The maximum absolute atomic E-state index is 9.32. The molecule has 1 aromatic rings. The molecule has 0 amide bonds. The molecule has 0 spiro atoms. The molecule has 1 unspecified atom stereocenters. The fourth-order valence-corrected chi connectivity index (χ4v) is 1.93. The lowest BCUT2D eigenvalue weighted by atomic mass is 9.84. The molecule has 0 radical (unpaired) electrons. The zero-order chi connectivity index (χ0) is 11.1. The van der Waals surface area contributed by atoms with Gasteiger partial charge in [0.2, 0.25) is 0 Å². The highest BCUT2D eigenvalue weighted by atomic mass is 16.5. The number of hydrogen-bond acceptors (Lipinski definition) is 2. The summed E-state index contributed by atoms with van der Waals surface area (Å²) in [6.45, 7) is 6.35. The van der Waals surface area contributed by atoms with Gasteiger partial charge in [-0.15, -0.1) is 0 Å². The second kappa shape index (κ2) is 3.53. The van der Waals surface area contributed by atoms with Crippen LogP contribution in [0.5, 0.6) is 5.75 Å². The highest BCUT2D eigenvalue weighted by Gasteiger charge is 2.24. The van der Waals surface area contributed by atoms with Crippen LogP contribution in [0.15, 0.2) is 18.2 Å². The highest BCUT2D eigenvalue weighted by molar-refractivity contribution is 5.42. The maximum Gasteiger partial charge on any atom is 0.123 e. The zero-order valence-corrected chi connectivity index (χ0v) is 9.58. The van der Waals surface area contributed by atoms with Crippen molar-refractivity contribution in [3.05, 3.63) is 29.3 Å². The second-order valence-corrected chi connectivity index (χ2v) is 5.00. The average Bonchev–Trinajstić information content (AvgIpc) is 2.56. The van der Waals surface area contributed by atoms with Crippen LogP contribution >= 0.6 is 0 Å². The molecule has 0 saturated heterocycles. The van der Waals surface area contributed by atoms with Gasteiger partial charge in [0.15, 0.2) is 0 Å². The number of hydrogen-bond donors (Lipinski definition) is 1. The monoisotopic (exact) mass is 206 g/mol. The van der Waals surface area contributed by atoms with Gasteiger partial charge in [-0.1, -0.05) is 26.0 Å². The van der Waals surface area contributed by atoms with Crippen LogP contribution in [0, 0.1) is 0 Å². The standard InChI is InChI=1S/C13H18O2/c1-9-6-10-7-11(13(2,3)8-14)4-5-12(10)15-9/h4-5,7,9,14H,6,8H2,1-3H3. The van der Waals surface area contributed by atoms with Crippen LogP contribution in [0.25, 0.3) is 0 Å². The first-order valence-corrected chi connectivity index (χ1v) is 5.44. The van der Waals surface area contributed by atoms with E-state index in [2.05, 4.69) is 13.0 Å². The second-order valence-electron chi connectivity index (χ2n) is 5.00. The Morgan fingerprint density at radius 2 is 2.20 bits per heavy atom. The van der Waals surface area contributed by atoms with E-state index < -0.39 is 0 Å². The molecule has 1 aliphatic heterocycles. The number of rotatable bonds is 2. The van der Waals surface area contributed by atoms with Gasteiger partial charge in [-0.2, -0.15) is 0 Å². The van der Waals surface area contributed by atoms with Gasteiger partial charge in [-0.25, -0.2) is 0 Å². The molecule has 1 atom stereocenters. The predicted octanol–water partition coefficient (Wildman–Crippen LogP) is 2.28. The molecular formula is C13H18O2. The lowest BCUT2D eigenvalue weighted by molar-refractivity contribution is 0.218. The summed E-state index contributed by atoms with van der Waals surface area (Å²) in [6, 6.07) is 6.23. The Kier molecular flexibility index (Phi) is 2.47. The van der Waals surface area contributed by atoms with Gasteiger partial charge >= 0.3 is 0 Å². The minimum Gasteiger partial charge on any atom is -0.490 e. The van der Waals surface area contributed by atoms with Crippen LogP contribution in [0.3, 0.4) is 0 Å². The van der Waals surface area contributed by atoms with E-state index in [1.165, 1.54) is 11.1 Å². The van der Waals surface area contributed by atoms with Crippen molar-refractivity contribution in [1.82, 2.24) is 0 Å². The summed E-state index contributed by atoms with van der Waals surface area (Å²) in [5, 5.41) is 9.32. The molecule has 82 valence electrons. The summed E-state index contributed by atoms with van der Waals surface area (Å²) in [7, 11) is 0. The van der Waals surface area contributed by atoms with Crippen molar-refractivity contribution in [2.45, 2.75) is 38.7 Å². The quantitative estimate of drug-likeness (QED) is 0.804. The lowest BCUT2D eigenvalue weighted by Gasteiger charge is -2.22. The van der Waals surface area contributed by atoms with Crippen molar-refractivity contribution >= 4 is 0 Å². The van der Waals surface area contributed by atoms with E-state index in [-0.39, 0.29) is 18.1 Å². The van der Waals surface area contributed by atoms with Gasteiger partial charge in [0, 0.05) is 11.8 Å². The van der Waals surface area contributed by atoms with Crippen molar-refractivity contribution in [3.8, 4) is 5.75 Å². The van der Waals surface area contributed by atoms with E-state index in [1.54, 1.807) is 0 Å². The molecule has 0 fully saturated rings. The number of benzene rings is 1. The van der Waals surface area contributed by atoms with Crippen LogP contribution in [-0.4, -0.2) is 17.8 Å². The van der Waals surface area contributed by atoms with E-state index in [9.17, 15) is 5.11 Å². The first-order chi connectivity index (χ1) is 7.03. The van der Waals surface area contributed by atoms with Crippen LogP contribution in [-0.2, 0) is 11.8 Å². The van der Waals surface area contributed by atoms with Crippen molar-refractivity contribution in [2.75, 3.05) is 6.61 Å². The highest BCUT2D eigenvalue weighted by Crippen LogP contribution is 2.33. The number of ether oxygens (including phenoxy) is 1. The topological polar surface area (TPSA) is 29.5 Å². The summed E-state index contributed by atoms with van der Waals surface area (Å²) in [5.41, 5.74) is 2.28. The average molecular weight is 206 g/mol. The summed E-state index contributed by atoms with van der Waals surface area (Å²) in [5.74, 6) is 1.000. The summed E-state index contributed by atoms with van der Waals surface area (Å²) >= 11 is 0. The maximum atomic E-state index is 9.32. The smallest absolute Gasteiger partial charge is 0.123 e. The molecule has 2 nitrogen and oxygen atoms in total. The normalized spacial score (nSPS) is 19.9. The van der Waals surface area contributed by atoms with Crippen LogP contribution in [0.1, 0.15) is 31.9 Å². The molecule has 0 saturated carbocycles. The van der Waals surface area contributed by atoms with E-state index in [4.69, 9.17) is 4.74 Å². The van der Waals surface area contributed by atoms with Gasteiger partial charge in [-0.05, 0) is 24.1 Å². The van der Waals surface area contributed by atoms with Crippen molar-refractivity contribution in [3.63, 3.8) is 0 Å². The zero-order valence-electron chi connectivity index (χ0n) is 9.58. The van der Waals surface area contributed by atoms with E-state index in [0.717, 1.165) is 12.2 Å². The van der Waals surface area contributed by atoms with E-state index in [1.807, 2.05) is 26.0 Å². The first-order valence-electron chi connectivity index (χ1n) is 5.44. The summed E-state index contributed by atoms with van der Waals surface area (Å²) in [6.07, 6.45) is 1.26. The number of aliphatic hydroxyl groups excluding tert-OH is 1. The van der Waals surface area contributed by atoms with Crippen LogP contribution in [0.4, 0.5) is 0 Å². The molecule has 0 aliphatic carbocycles. The van der Waals surface area contributed by atoms with Crippen molar-refractivity contribution in [1.29, 1.82) is 0 Å². The van der Waals surface area contributed by atoms with Gasteiger partial charge in [0.05, 0.1) is 6.61 Å². The molecule has 15 heavy (non-hydrogen) atoms. The van der Waals surface area contributed by atoms with Gasteiger partial charge < -0.3 is 9.84 Å². The molecule has 1 aliphatic rings. The third kappa shape index (κ3) is 1.86. The first kappa shape index (κ1) is 10.5. The Bertz CT molecular complexity index is 369. The molecular weight excluding hydrogens is 188 g/mol. The number of aliphatic hydroxyl groups is 1. The molecule has 2 heteroatoms. The molecule has 2 rings (SSSR count). The van der Waals surface area contributed by atoms with Crippen molar-refractivity contribution < 1.29 is 9.84 Å². The lowest BCUT2D eigenvalue weighted by Crippen LogP contribution is -2.21. The van der Waals surface area contributed by atoms with Gasteiger partial charge in [0.25, 0.3) is 0 Å². The van der Waals surface area contributed by atoms with Gasteiger partial charge in [-0.3, -0.25) is 0 Å². The van der Waals surface area contributed by atoms with Crippen LogP contribution in [0.2, 0.25) is 0 Å². The molecule has 1 heterocycles. The largest absolute Gasteiger partial charge is 0.490 e. The predicted molar refractivity (Wildman–Crippen MR) is 60.3 cm³/mol. The van der Waals surface area contributed by atoms with E-state index in [0.29, 0.717) is 0 Å². The fourth-order valence-electron chi connectivity index (χ4n) is 1.93. The summed E-state index contributed by atoms with van der Waals surface area (Å²) in [4.78, 5) is 0. The Balaban J connectivity index is 2.35. The SMILES string of the molecule is CC1Cc2cc(C(C)(C)CO)ccc2O1. The van der Waals surface area contributed by atoms with Crippen LogP contribution < -0.4 is 4.74 Å². The third-order valence-corrected chi connectivity index (χ3v) is 3.07. The Hall–Kier alpha value is -1.02. The fraction of sp³-hybridized carbons (Fsp3) is 0.538. The number of fused-ring (bicyclic) bond motifs is 1. The molecule has 0 aromatic heterocycles. The minimum absolute atomic E-state index is 0.166. The summed E-state index contributed by atoms with van der Waals surface area (Å²) < 4.78 is 5.65. The molecule has 0 bridgehead atoms. The minimum atomic E-state index is -0.166.